The summed E-state index contributed by atoms with van der Waals surface area (Å²) in [6, 6.07) is 14.2. The Morgan fingerprint density at radius 2 is 1.87 bits per heavy atom. The molecule has 2 amide bonds. The number of carbonyl (C=O) groups excluding carboxylic acids is 2. The van der Waals surface area contributed by atoms with E-state index in [-0.39, 0.29) is 12.5 Å². The number of likely N-dealkylation sites (N-methyl/N-ethyl adjacent to an activating group) is 1. The molecular formula is C18H18N2O3. The molecule has 0 spiro atoms. The van der Waals surface area contributed by atoms with E-state index in [9.17, 15) is 9.59 Å². The highest BCUT2D eigenvalue weighted by atomic mass is 16.5. The lowest BCUT2D eigenvalue weighted by Crippen LogP contribution is -2.34. The van der Waals surface area contributed by atoms with Gasteiger partial charge in [0, 0.05) is 12.7 Å². The monoisotopic (exact) mass is 310 g/mol. The van der Waals surface area contributed by atoms with E-state index in [0.29, 0.717) is 0 Å². The van der Waals surface area contributed by atoms with Crippen LogP contribution in [0.15, 0.2) is 42.5 Å². The number of ether oxygens (including phenoxy) is 1. The standard InChI is InChI=1S/C18H18N2O3/c1-20(18(22)23-2)11-17(21)19-14-7-8-16-13(10-14)9-12-5-3-4-6-15(12)16/h3-8,10H,9,11H2,1-2H3,(H,19,21). The smallest absolute Gasteiger partial charge is 0.409 e. The molecule has 2 aromatic carbocycles. The van der Waals surface area contributed by atoms with Crippen molar-refractivity contribution < 1.29 is 14.3 Å². The molecule has 118 valence electrons. The summed E-state index contributed by atoms with van der Waals surface area (Å²) in [6.07, 6.45) is 0.335. The van der Waals surface area contributed by atoms with Crippen LogP contribution in [0, 0.1) is 0 Å². The Kier molecular flexibility index (Phi) is 4.02. The normalized spacial score (nSPS) is 11.4. The molecule has 0 bridgehead atoms. The number of hydrogen-bond acceptors (Lipinski definition) is 3. The summed E-state index contributed by atoms with van der Waals surface area (Å²) in [7, 11) is 2.81. The van der Waals surface area contributed by atoms with E-state index in [1.807, 2.05) is 30.3 Å². The van der Waals surface area contributed by atoms with Crippen molar-refractivity contribution in [2.75, 3.05) is 26.0 Å². The fourth-order valence-electron chi connectivity index (χ4n) is 2.86. The minimum absolute atomic E-state index is 0.0516. The van der Waals surface area contributed by atoms with Crippen LogP contribution < -0.4 is 5.32 Å². The van der Waals surface area contributed by atoms with Gasteiger partial charge in [-0.25, -0.2) is 4.79 Å². The first kappa shape index (κ1) is 15.1. The van der Waals surface area contributed by atoms with Gasteiger partial charge in [0.1, 0.15) is 6.54 Å². The van der Waals surface area contributed by atoms with Gasteiger partial charge in [0.05, 0.1) is 7.11 Å². The molecule has 3 rings (SSSR count). The molecule has 0 unspecified atom stereocenters. The van der Waals surface area contributed by atoms with Crippen molar-refractivity contribution in [3.05, 3.63) is 53.6 Å². The van der Waals surface area contributed by atoms with Crippen molar-refractivity contribution in [1.82, 2.24) is 4.90 Å². The Morgan fingerprint density at radius 3 is 2.65 bits per heavy atom. The molecule has 23 heavy (non-hydrogen) atoms. The largest absolute Gasteiger partial charge is 0.453 e. The van der Waals surface area contributed by atoms with E-state index >= 15 is 0 Å². The summed E-state index contributed by atoms with van der Waals surface area (Å²) < 4.78 is 4.57. The molecule has 0 saturated carbocycles. The third kappa shape index (κ3) is 3.04. The van der Waals surface area contributed by atoms with E-state index in [1.54, 1.807) is 0 Å². The van der Waals surface area contributed by atoms with Gasteiger partial charge in [0.15, 0.2) is 0 Å². The van der Waals surface area contributed by atoms with Crippen molar-refractivity contribution in [3.63, 3.8) is 0 Å². The molecule has 1 aliphatic rings. The number of amides is 2. The zero-order chi connectivity index (χ0) is 16.4. The molecule has 1 aliphatic carbocycles. The van der Waals surface area contributed by atoms with Gasteiger partial charge in [0.25, 0.3) is 0 Å². The van der Waals surface area contributed by atoms with Gasteiger partial charge in [-0.15, -0.1) is 0 Å². The van der Waals surface area contributed by atoms with Gasteiger partial charge < -0.3 is 15.0 Å². The number of nitrogens with one attached hydrogen (secondary N) is 1. The van der Waals surface area contributed by atoms with E-state index in [4.69, 9.17) is 0 Å². The molecule has 0 aliphatic heterocycles. The average Bonchev–Trinajstić information content (AvgIpc) is 2.91. The van der Waals surface area contributed by atoms with Crippen molar-refractivity contribution in [3.8, 4) is 11.1 Å². The third-order valence-corrected chi connectivity index (χ3v) is 3.94. The Labute approximate surface area is 134 Å². The maximum atomic E-state index is 12.0. The third-order valence-electron chi connectivity index (χ3n) is 3.94. The number of fused-ring (bicyclic) bond motifs is 3. The highest BCUT2D eigenvalue weighted by Crippen LogP contribution is 2.37. The maximum Gasteiger partial charge on any atom is 0.409 e. The Hall–Kier alpha value is -2.82. The molecule has 5 heteroatoms. The Morgan fingerprint density at radius 1 is 1.13 bits per heavy atom. The van der Waals surface area contributed by atoms with Crippen molar-refractivity contribution in [2.24, 2.45) is 0 Å². The fourth-order valence-corrected chi connectivity index (χ4v) is 2.86. The lowest BCUT2D eigenvalue weighted by Gasteiger charge is -2.15. The molecule has 5 nitrogen and oxygen atoms in total. The minimum atomic E-state index is -0.537. The zero-order valence-corrected chi connectivity index (χ0v) is 13.1. The quantitative estimate of drug-likeness (QED) is 0.809. The first-order chi connectivity index (χ1) is 11.1. The Balaban J connectivity index is 1.71. The fraction of sp³-hybridized carbons (Fsp3) is 0.222. The summed E-state index contributed by atoms with van der Waals surface area (Å²) in [4.78, 5) is 24.5. The molecule has 0 fully saturated rings. The molecule has 0 radical (unpaired) electrons. The maximum absolute atomic E-state index is 12.0. The first-order valence-corrected chi connectivity index (χ1v) is 7.38. The average molecular weight is 310 g/mol. The number of benzene rings is 2. The van der Waals surface area contributed by atoms with E-state index in [2.05, 4.69) is 22.2 Å². The highest BCUT2D eigenvalue weighted by Gasteiger charge is 2.18. The molecule has 0 aromatic heterocycles. The second-order valence-electron chi connectivity index (χ2n) is 5.58. The van der Waals surface area contributed by atoms with E-state index in [0.717, 1.165) is 12.1 Å². The predicted molar refractivity (Wildman–Crippen MR) is 88.3 cm³/mol. The van der Waals surface area contributed by atoms with Crippen LogP contribution >= 0.6 is 0 Å². The Bertz CT molecular complexity index is 771. The molecule has 0 atom stereocenters. The van der Waals surface area contributed by atoms with Crippen LogP contribution in [0.2, 0.25) is 0 Å². The molecule has 1 N–H and O–H groups in total. The number of methoxy groups -OCH3 is 1. The second-order valence-corrected chi connectivity index (χ2v) is 5.58. The highest BCUT2D eigenvalue weighted by molar-refractivity contribution is 5.94. The van der Waals surface area contributed by atoms with Gasteiger partial charge in [-0.1, -0.05) is 30.3 Å². The van der Waals surface area contributed by atoms with Crippen LogP contribution in [-0.4, -0.2) is 37.6 Å². The van der Waals surface area contributed by atoms with Gasteiger partial charge in [-0.2, -0.15) is 0 Å². The summed E-state index contributed by atoms with van der Waals surface area (Å²) in [5.41, 5.74) is 5.71. The van der Waals surface area contributed by atoms with Gasteiger partial charge in [-0.3, -0.25) is 4.79 Å². The molecular weight excluding hydrogens is 292 g/mol. The molecule has 0 heterocycles. The summed E-state index contributed by atoms with van der Waals surface area (Å²) in [6.45, 7) is -0.0516. The number of anilines is 1. The van der Waals surface area contributed by atoms with Crippen molar-refractivity contribution in [2.45, 2.75) is 6.42 Å². The number of rotatable bonds is 3. The zero-order valence-electron chi connectivity index (χ0n) is 13.1. The summed E-state index contributed by atoms with van der Waals surface area (Å²) in [5.74, 6) is -0.256. The second kappa shape index (κ2) is 6.12. The van der Waals surface area contributed by atoms with Crippen molar-refractivity contribution in [1.29, 1.82) is 0 Å². The SMILES string of the molecule is COC(=O)N(C)CC(=O)Nc1ccc2c(c1)Cc1ccccc1-2. The summed E-state index contributed by atoms with van der Waals surface area (Å²) >= 11 is 0. The molecule has 0 saturated heterocycles. The number of nitrogens with zero attached hydrogens (tertiary/aromatic N) is 1. The van der Waals surface area contributed by atoms with E-state index in [1.165, 1.54) is 41.3 Å². The predicted octanol–water partition coefficient (Wildman–Crippen LogP) is 2.89. The van der Waals surface area contributed by atoms with Crippen LogP contribution in [-0.2, 0) is 16.0 Å². The molecule has 2 aromatic rings. The number of hydrogen-bond donors (Lipinski definition) is 1. The van der Waals surface area contributed by atoms with Gasteiger partial charge >= 0.3 is 6.09 Å². The van der Waals surface area contributed by atoms with Crippen molar-refractivity contribution >= 4 is 17.7 Å². The van der Waals surface area contributed by atoms with Crippen LogP contribution in [0.4, 0.5) is 10.5 Å². The topological polar surface area (TPSA) is 58.6 Å². The van der Waals surface area contributed by atoms with Crippen LogP contribution in [0.3, 0.4) is 0 Å². The van der Waals surface area contributed by atoms with E-state index < -0.39 is 6.09 Å². The van der Waals surface area contributed by atoms with Crippen LogP contribution in [0.1, 0.15) is 11.1 Å². The number of carbonyl (C=O) groups is 2. The minimum Gasteiger partial charge on any atom is -0.453 e. The first-order valence-electron chi connectivity index (χ1n) is 7.38. The summed E-state index contributed by atoms with van der Waals surface area (Å²) in [5, 5.41) is 2.82. The lowest BCUT2D eigenvalue weighted by molar-refractivity contribution is -0.116. The van der Waals surface area contributed by atoms with Gasteiger partial charge in [0.2, 0.25) is 5.91 Å². The lowest BCUT2D eigenvalue weighted by atomic mass is 10.1. The van der Waals surface area contributed by atoms with Gasteiger partial charge in [-0.05, 0) is 40.8 Å². The van der Waals surface area contributed by atoms with Crippen LogP contribution in [0.25, 0.3) is 11.1 Å². The van der Waals surface area contributed by atoms with Crippen LogP contribution in [0.5, 0.6) is 0 Å².